The number of hydrogen-bond acceptors (Lipinski definition) is 11. The topological polar surface area (TPSA) is 144 Å². The van der Waals surface area contributed by atoms with Crippen molar-refractivity contribution in [1.82, 2.24) is 0 Å². The lowest BCUT2D eigenvalue weighted by molar-refractivity contribution is -0.150. The van der Waals surface area contributed by atoms with Crippen LogP contribution in [0.1, 0.15) is 120 Å². The zero-order chi connectivity index (χ0) is 43.4. The first-order valence-corrected chi connectivity index (χ1v) is 28.9. The fourth-order valence-electron chi connectivity index (χ4n) is 8.79. The fourth-order valence-corrected chi connectivity index (χ4v) is 17.6. The van der Waals surface area contributed by atoms with Gasteiger partial charge in [-0.3, -0.25) is 14.4 Å². The zero-order valence-corrected chi connectivity index (χ0v) is 39.0. The minimum absolute atomic E-state index is 0.00186. The third-order valence-electron chi connectivity index (χ3n) is 12.0. The SMILES string of the molecule is CCCCCC1CCC(C2CCC(C(=O)Oc3ccc(OC(=O)c4ccc(OCCOC(=O)CCC(=O)OCCC[Si](C)(C)O[Si](C)(C)CCCO)cc4)cc3)CC2)CC1. The van der Waals surface area contributed by atoms with Gasteiger partial charge in [-0.05, 0) is 156 Å². The fraction of sp³-hybridized carbons (Fsp3) is 0.660. The van der Waals surface area contributed by atoms with Crippen molar-refractivity contribution in [1.29, 1.82) is 0 Å². The maximum Gasteiger partial charge on any atom is 0.343 e. The molecule has 0 unspecified atom stereocenters. The van der Waals surface area contributed by atoms with Gasteiger partial charge in [0.2, 0.25) is 0 Å². The third-order valence-corrected chi connectivity index (χ3v) is 19.6. The van der Waals surface area contributed by atoms with Gasteiger partial charge in [0.25, 0.3) is 0 Å². The molecule has 2 aromatic rings. The van der Waals surface area contributed by atoms with E-state index in [1.165, 1.54) is 51.4 Å². The van der Waals surface area contributed by atoms with Crippen LogP contribution in [0.15, 0.2) is 48.5 Å². The minimum Gasteiger partial charge on any atom is -0.490 e. The molecule has 0 saturated heterocycles. The van der Waals surface area contributed by atoms with Crippen LogP contribution in [-0.2, 0) is 28.0 Å². The maximum atomic E-state index is 13.0. The maximum absolute atomic E-state index is 13.0. The number of ether oxygens (including phenoxy) is 5. The van der Waals surface area contributed by atoms with E-state index in [-0.39, 0.29) is 51.2 Å². The normalized spacial score (nSPS) is 19.6. The van der Waals surface area contributed by atoms with Gasteiger partial charge >= 0.3 is 23.9 Å². The van der Waals surface area contributed by atoms with Crippen LogP contribution in [0.3, 0.4) is 0 Å². The van der Waals surface area contributed by atoms with Crippen LogP contribution in [0.4, 0.5) is 0 Å². The molecular weight excluding hydrogens is 797 g/mol. The lowest BCUT2D eigenvalue weighted by Gasteiger charge is -2.37. The van der Waals surface area contributed by atoms with Crippen LogP contribution in [0.5, 0.6) is 17.2 Å². The summed E-state index contributed by atoms with van der Waals surface area (Å²) in [6.45, 7) is 11.5. The molecule has 13 heteroatoms. The van der Waals surface area contributed by atoms with E-state index in [9.17, 15) is 19.2 Å². The predicted molar refractivity (Wildman–Crippen MR) is 237 cm³/mol. The Morgan fingerprint density at radius 1 is 0.617 bits per heavy atom. The number of esters is 4. The molecule has 0 radical (unpaired) electrons. The minimum atomic E-state index is -1.91. The molecule has 0 bridgehead atoms. The third kappa shape index (κ3) is 18.2. The molecule has 60 heavy (non-hydrogen) atoms. The lowest BCUT2D eigenvalue weighted by atomic mass is 9.68. The molecule has 0 heterocycles. The summed E-state index contributed by atoms with van der Waals surface area (Å²) >= 11 is 0. The Labute approximate surface area is 360 Å². The molecule has 2 fully saturated rings. The average molecular weight is 869 g/mol. The highest BCUT2D eigenvalue weighted by molar-refractivity contribution is 6.84. The second-order valence-electron chi connectivity index (χ2n) is 18.0. The quantitative estimate of drug-likeness (QED) is 0.0441. The summed E-state index contributed by atoms with van der Waals surface area (Å²) in [7, 11) is -3.74. The van der Waals surface area contributed by atoms with E-state index in [1.807, 2.05) is 0 Å². The summed E-state index contributed by atoms with van der Waals surface area (Å²) in [5, 5.41) is 9.13. The summed E-state index contributed by atoms with van der Waals surface area (Å²) in [4.78, 5) is 50.1. The van der Waals surface area contributed by atoms with Crippen molar-refractivity contribution in [2.45, 2.75) is 148 Å². The largest absolute Gasteiger partial charge is 0.490 e. The Balaban J connectivity index is 1.05. The van der Waals surface area contributed by atoms with E-state index < -0.39 is 34.5 Å². The molecule has 2 aromatic carbocycles. The molecule has 2 aliphatic rings. The van der Waals surface area contributed by atoms with Gasteiger partial charge in [0.05, 0.1) is 30.9 Å². The van der Waals surface area contributed by atoms with Crippen LogP contribution in [-0.4, -0.2) is 72.0 Å². The molecule has 2 saturated carbocycles. The highest BCUT2D eigenvalue weighted by Gasteiger charge is 2.34. The summed E-state index contributed by atoms with van der Waals surface area (Å²) in [6.07, 6.45) is 16.2. The first kappa shape index (κ1) is 49.1. The molecule has 0 atom stereocenters. The van der Waals surface area contributed by atoms with Gasteiger partial charge in [-0.1, -0.05) is 45.4 Å². The van der Waals surface area contributed by atoms with Gasteiger partial charge in [0, 0.05) is 6.61 Å². The highest BCUT2D eigenvalue weighted by atomic mass is 28.4. The molecule has 2 aliphatic carbocycles. The average Bonchev–Trinajstić information content (AvgIpc) is 3.23. The molecule has 11 nitrogen and oxygen atoms in total. The van der Waals surface area contributed by atoms with Crippen LogP contribution < -0.4 is 14.2 Å². The van der Waals surface area contributed by atoms with Crippen LogP contribution in [0.25, 0.3) is 0 Å². The van der Waals surface area contributed by atoms with Gasteiger partial charge in [-0.15, -0.1) is 0 Å². The number of carbonyl (C=O) groups is 4. The number of aliphatic hydroxyl groups is 1. The number of benzene rings is 2. The molecule has 0 spiro atoms. The standard InChI is InChI=1S/C47H72O11Si2/c1-6-7-8-11-36-12-14-37(15-13-36)38-16-18-39(19-17-38)46(51)56-42-24-26-43(27-25-42)57-47(52)40-20-22-41(23-21-40)53-32-33-55-45(50)29-28-44(49)54-31-10-35-60(4,5)58-59(2,3)34-9-30-48/h20-27,36-39,48H,6-19,28-35H2,1-5H3. The number of rotatable bonds is 25. The molecule has 4 rings (SSSR count). The predicted octanol–water partition coefficient (Wildman–Crippen LogP) is 10.4. The number of carbonyl (C=O) groups excluding carboxylic acids is 4. The van der Waals surface area contributed by atoms with Crippen molar-refractivity contribution in [2.75, 3.05) is 26.4 Å². The highest BCUT2D eigenvalue weighted by Crippen LogP contribution is 2.42. The van der Waals surface area contributed by atoms with Crippen LogP contribution in [0, 0.1) is 23.7 Å². The van der Waals surface area contributed by atoms with E-state index in [4.69, 9.17) is 32.9 Å². The van der Waals surface area contributed by atoms with E-state index in [0.29, 0.717) is 29.2 Å². The Hall–Kier alpha value is -3.53. The smallest absolute Gasteiger partial charge is 0.343 e. The van der Waals surface area contributed by atoms with Gasteiger partial charge in [0.15, 0.2) is 16.6 Å². The van der Waals surface area contributed by atoms with Gasteiger partial charge < -0.3 is 32.9 Å². The number of hydrogen-bond donors (Lipinski definition) is 1. The summed E-state index contributed by atoms with van der Waals surface area (Å²) in [5.41, 5.74) is 0.325. The summed E-state index contributed by atoms with van der Waals surface area (Å²) in [6, 6.07) is 14.7. The van der Waals surface area contributed by atoms with Crippen LogP contribution in [0.2, 0.25) is 38.3 Å². The Kier molecular flexibility index (Phi) is 20.8. The van der Waals surface area contributed by atoms with Gasteiger partial charge in [-0.2, -0.15) is 0 Å². The van der Waals surface area contributed by atoms with Crippen molar-refractivity contribution >= 4 is 40.5 Å². The number of aliphatic hydroxyl groups excluding tert-OH is 1. The van der Waals surface area contributed by atoms with E-state index in [1.54, 1.807) is 48.5 Å². The van der Waals surface area contributed by atoms with Crippen molar-refractivity contribution in [3.05, 3.63) is 54.1 Å². The van der Waals surface area contributed by atoms with E-state index in [2.05, 4.69) is 33.1 Å². The molecular formula is C47H72O11Si2. The summed E-state index contributed by atoms with van der Waals surface area (Å²) in [5.74, 6) is 1.97. The zero-order valence-electron chi connectivity index (χ0n) is 37.0. The monoisotopic (exact) mass is 868 g/mol. The first-order chi connectivity index (χ1) is 28.8. The molecule has 0 aromatic heterocycles. The van der Waals surface area contributed by atoms with Crippen molar-refractivity contribution in [3.8, 4) is 17.2 Å². The van der Waals surface area contributed by atoms with Gasteiger partial charge in [0.1, 0.15) is 30.5 Å². The Morgan fingerprint density at radius 2 is 1.15 bits per heavy atom. The molecule has 0 amide bonds. The summed E-state index contributed by atoms with van der Waals surface area (Å²) < 4.78 is 33.9. The molecule has 334 valence electrons. The van der Waals surface area contributed by atoms with Crippen molar-refractivity contribution < 1.29 is 52.1 Å². The number of unbranched alkanes of at least 4 members (excludes halogenated alkanes) is 2. The second-order valence-corrected chi connectivity index (χ2v) is 26.9. The Bertz CT molecular complexity index is 1600. The first-order valence-electron chi connectivity index (χ1n) is 22.6. The molecule has 0 aliphatic heterocycles. The van der Waals surface area contributed by atoms with Gasteiger partial charge in [-0.25, -0.2) is 4.79 Å². The van der Waals surface area contributed by atoms with Crippen molar-refractivity contribution in [2.24, 2.45) is 23.7 Å². The molecule has 1 N–H and O–H groups in total. The van der Waals surface area contributed by atoms with E-state index in [0.717, 1.165) is 61.9 Å². The van der Waals surface area contributed by atoms with E-state index >= 15 is 0 Å². The second kappa shape index (κ2) is 25.4. The lowest BCUT2D eigenvalue weighted by Crippen LogP contribution is -2.44. The van der Waals surface area contributed by atoms with Crippen LogP contribution >= 0.6 is 0 Å². The van der Waals surface area contributed by atoms with Crippen molar-refractivity contribution in [3.63, 3.8) is 0 Å². The Morgan fingerprint density at radius 3 is 1.73 bits per heavy atom.